The van der Waals surface area contributed by atoms with Crippen molar-refractivity contribution >= 4 is 0 Å². The normalized spacial score (nSPS) is 20.6. The fourth-order valence-electron chi connectivity index (χ4n) is 3.32. The Hall–Kier alpha value is -1.60. The van der Waals surface area contributed by atoms with Crippen LogP contribution in [-0.4, -0.2) is 6.04 Å². The van der Waals surface area contributed by atoms with Gasteiger partial charge in [0.1, 0.15) is 0 Å². The van der Waals surface area contributed by atoms with E-state index in [4.69, 9.17) is 0 Å². The Morgan fingerprint density at radius 1 is 0.952 bits per heavy atom. The van der Waals surface area contributed by atoms with Crippen LogP contribution in [0, 0.1) is 5.41 Å². The molecule has 1 nitrogen and oxygen atoms in total. The van der Waals surface area contributed by atoms with Gasteiger partial charge < -0.3 is 5.32 Å². The minimum Gasteiger partial charge on any atom is -0.310 e. The largest absolute Gasteiger partial charge is 0.310 e. The minimum atomic E-state index is 0.523. The topological polar surface area (TPSA) is 12.0 Å². The lowest BCUT2D eigenvalue weighted by atomic mass is 9.92. The molecule has 1 aliphatic rings. The molecule has 1 N–H and O–H groups in total. The quantitative estimate of drug-likeness (QED) is 0.828. The summed E-state index contributed by atoms with van der Waals surface area (Å²) in [6.45, 7) is 5.74. The zero-order valence-electron chi connectivity index (χ0n) is 13.1. The molecule has 0 spiro atoms. The first kappa shape index (κ1) is 14.3. The first-order valence-corrected chi connectivity index (χ1v) is 8.00. The van der Waals surface area contributed by atoms with Gasteiger partial charge in [0.25, 0.3) is 0 Å². The minimum absolute atomic E-state index is 0.523. The Balaban J connectivity index is 1.58. The summed E-state index contributed by atoms with van der Waals surface area (Å²) < 4.78 is 0. The second-order valence-electron chi connectivity index (χ2n) is 7.05. The van der Waals surface area contributed by atoms with E-state index < -0.39 is 0 Å². The average Bonchev–Trinajstić information content (AvgIpc) is 2.86. The number of benzene rings is 2. The van der Waals surface area contributed by atoms with Crippen LogP contribution in [0.3, 0.4) is 0 Å². The van der Waals surface area contributed by atoms with E-state index in [1.807, 2.05) is 0 Å². The molecular formula is C20H25N. The molecule has 0 saturated heterocycles. The van der Waals surface area contributed by atoms with E-state index in [0.717, 1.165) is 6.54 Å². The Morgan fingerprint density at radius 3 is 2.24 bits per heavy atom. The van der Waals surface area contributed by atoms with Crippen LogP contribution < -0.4 is 5.32 Å². The van der Waals surface area contributed by atoms with E-state index in [2.05, 4.69) is 73.8 Å². The molecule has 1 fully saturated rings. The number of hydrogen-bond donors (Lipinski definition) is 1. The molecule has 2 aromatic carbocycles. The fourth-order valence-corrected chi connectivity index (χ4v) is 3.32. The highest BCUT2D eigenvalue weighted by Gasteiger charge is 2.30. The van der Waals surface area contributed by atoms with Crippen molar-refractivity contribution in [2.45, 2.75) is 45.7 Å². The number of rotatable bonds is 4. The molecule has 1 saturated carbocycles. The predicted octanol–water partition coefficient (Wildman–Crippen LogP) is 5.02. The predicted molar refractivity (Wildman–Crippen MR) is 90.1 cm³/mol. The molecule has 0 aromatic heterocycles. The van der Waals surface area contributed by atoms with Crippen LogP contribution in [-0.2, 0) is 6.54 Å². The van der Waals surface area contributed by atoms with Gasteiger partial charge in [0.15, 0.2) is 0 Å². The standard InChI is InChI=1S/C20H25N/c1-20(2)13-12-19(14-20)21-15-16-8-10-18(11-9-16)17-6-4-3-5-7-17/h3-11,19,21H,12-15H2,1-2H3. The number of nitrogens with one attached hydrogen (secondary N) is 1. The summed E-state index contributed by atoms with van der Waals surface area (Å²) in [6, 6.07) is 20.2. The molecule has 0 aliphatic heterocycles. The molecule has 1 aliphatic carbocycles. The summed E-state index contributed by atoms with van der Waals surface area (Å²) in [4.78, 5) is 0. The van der Waals surface area contributed by atoms with Crippen LogP contribution in [0.5, 0.6) is 0 Å². The van der Waals surface area contributed by atoms with Crippen LogP contribution in [0.1, 0.15) is 38.7 Å². The van der Waals surface area contributed by atoms with E-state index in [9.17, 15) is 0 Å². The van der Waals surface area contributed by atoms with Crippen molar-refractivity contribution in [3.8, 4) is 11.1 Å². The molecule has 2 aromatic rings. The van der Waals surface area contributed by atoms with Gasteiger partial charge in [-0.05, 0) is 41.4 Å². The molecule has 110 valence electrons. The third-order valence-electron chi connectivity index (χ3n) is 4.62. The van der Waals surface area contributed by atoms with Crippen molar-refractivity contribution in [2.75, 3.05) is 0 Å². The van der Waals surface area contributed by atoms with Gasteiger partial charge in [0, 0.05) is 12.6 Å². The van der Waals surface area contributed by atoms with Gasteiger partial charge >= 0.3 is 0 Å². The van der Waals surface area contributed by atoms with Crippen molar-refractivity contribution in [3.05, 3.63) is 60.2 Å². The second-order valence-corrected chi connectivity index (χ2v) is 7.05. The fraction of sp³-hybridized carbons (Fsp3) is 0.400. The smallest absolute Gasteiger partial charge is 0.0208 e. The molecular weight excluding hydrogens is 254 g/mol. The van der Waals surface area contributed by atoms with Crippen molar-refractivity contribution < 1.29 is 0 Å². The molecule has 3 rings (SSSR count). The Bertz CT molecular complexity index is 569. The first-order chi connectivity index (χ1) is 10.1. The molecule has 0 heterocycles. The van der Waals surface area contributed by atoms with Gasteiger partial charge in [-0.3, -0.25) is 0 Å². The maximum atomic E-state index is 3.71. The van der Waals surface area contributed by atoms with E-state index in [1.165, 1.54) is 36.0 Å². The van der Waals surface area contributed by atoms with E-state index in [1.54, 1.807) is 0 Å². The summed E-state index contributed by atoms with van der Waals surface area (Å²) >= 11 is 0. The van der Waals surface area contributed by atoms with Gasteiger partial charge in [-0.25, -0.2) is 0 Å². The van der Waals surface area contributed by atoms with Crippen LogP contribution in [0.15, 0.2) is 54.6 Å². The SMILES string of the molecule is CC1(C)CCC(NCc2ccc(-c3ccccc3)cc2)C1. The maximum absolute atomic E-state index is 3.71. The van der Waals surface area contributed by atoms with E-state index in [-0.39, 0.29) is 0 Å². The molecule has 0 radical (unpaired) electrons. The lowest BCUT2D eigenvalue weighted by Gasteiger charge is -2.18. The molecule has 1 heteroatoms. The zero-order chi connectivity index (χ0) is 14.7. The lowest BCUT2D eigenvalue weighted by Crippen LogP contribution is -2.26. The average molecular weight is 279 g/mol. The van der Waals surface area contributed by atoms with Crippen LogP contribution in [0.25, 0.3) is 11.1 Å². The molecule has 0 bridgehead atoms. The zero-order valence-corrected chi connectivity index (χ0v) is 13.1. The number of hydrogen-bond acceptors (Lipinski definition) is 1. The summed E-state index contributed by atoms with van der Waals surface area (Å²) in [5, 5.41) is 3.71. The van der Waals surface area contributed by atoms with Crippen LogP contribution in [0.4, 0.5) is 0 Å². The summed E-state index contributed by atoms with van der Waals surface area (Å²) in [6.07, 6.45) is 3.96. The summed E-state index contributed by atoms with van der Waals surface area (Å²) in [5.41, 5.74) is 4.48. The van der Waals surface area contributed by atoms with Crippen LogP contribution in [0.2, 0.25) is 0 Å². The first-order valence-electron chi connectivity index (χ1n) is 8.00. The van der Waals surface area contributed by atoms with Crippen molar-refractivity contribution in [2.24, 2.45) is 5.41 Å². The van der Waals surface area contributed by atoms with Gasteiger partial charge in [-0.2, -0.15) is 0 Å². The highest BCUT2D eigenvalue weighted by molar-refractivity contribution is 5.63. The lowest BCUT2D eigenvalue weighted by molar-refractivity contribution is 0.364. The van der Waals surface area contributed by atoms with E-state index in [0.29, 0.717) is 11.5 Å². The Morgan fingerprint density at radius 2 is 1.62 bits per heavy atom. The Kier molecular flexibility index (Phi) is 4.12. The summed E-state index contributed by atoms with van der Waals surface area (Å²) in [5.74, 6) is 0. The van der Waals surface area contributed by atoms with Crippen molar-refractivity contribution in [1.29, 1.82) is 0 Å². The summed E-state index contributed by atoms with van der Waals surface area (Å²) in [7, 11) is 0. The van der Waals surface area contributed by atoms with Crippen molar-refractivity contribution in [1.82, 2.24) is 5.32 Å². The van der Waals surface area contributed by atoms with Crippen LogP contribution >= 0.6 is 0 Å². The van der Waals surface area contributed by atoms with Gasteiger partial charge in [-0.1, -0.05) is 68.4 Å². The Labute approximate surface area is 128 Å². The molecule has 1 atom stereocenters. The van der Waals surface area contributed by atoms with Crippen molar-refractivity contribution in [3.63, 3.8) is 0 Å². The van der Waals surface area contributed by atoms with Gasteiger partial charge in [-0.15, -0.1) is 0 Å². The monoisotopic (exact) mass is 279 g/mol. The second kappa shape index (κ2) is 6.03. The third-order valence-corrected chi connectivity index (χ3v) is 4.62. The molecule has 21 heavy (non-hydrogen) atoms. The third kappa shape index (κ3) is 3.74. The molecule has 0 amide bonds. The highest BCUT2D eigenvalue weighted by atomic mass is 14.9. The van der Waals surface area contributed by atoms with E-state index >= 15 is 0 Å². The highest BCUT2D eigenvalue weighted by Crippen LogP contribution is 2.37. The van der Waals surface area contributed by atoms with Gasteiger partial charge in [0.2, 0.25) is 0 Å². The maximum Gasteiger partial charge on any atom is 0.0208 e. The molecule has 1 unspecified atom stereocenters. The van der Waals surface area contributed by atoms with Gasteiger partial charge in [0.05, 0.1) is 0 Å².